The van der Waals surface area contributed by atoms with Crippen molar-refractivity contribution in [2.75, 3.05) is 43.3 Å². The number of hydrogen-bond donors (Lipinski definition) is 1. The number of thiophene rings is 1. The lowest BCUT2D eigenvalue weighted by molar-refractivity contribution is -0.113. The van der Waals surface area contributed by atoms with Gasteiger partial charge in [-0.2, -0.15) is 0 Å². The molecule has 0 saturated heterocycles. The molecule has 40 heavy (non-hydrogen) atoms. The van der Waals surface area contributed by atoms with Gasteiger partial charge in [-0.25, -0.2) is 4.79 Å². The standard InChI is InChI=1S/C29H33N5O4S2/c1-6-33(7-2)21-13-9-20(10-14-21)26-31-32-29(34(26)8-3)40-18-24(35)30-27-25(28(36)38-5)23(17-39-27)19-11-15-22(37-4)16-12-19/h9-17H,6-8,18H2,1-5H3,(H,30,35). The SMILES string of the molecule is CCN(CC)c1ccc(-c2nnc(SCC(=O)Nc3scc(-c4ccc(OC)cc4)c3C(=O)OC)n2CC)cc1. The number of carbonyl (C=O) groups is 2. The first-order valence-corrected chi connectivity index (χ1v) is 14.9. The number of esters is 1. The molecule has 9 nitrogen and oxygen atoms in total. The van der Waals surface area contributed by atoms with E-state index in [-0.39, 0.29) is 11.7 Å². The van der Waals surface area contributed by atoms with Crippen molar-refractivity contribution >= 4 is 45.7 Å². The van der Waals surface area contributed by atoms with Crippen LogP contribution in [-0.2, 0) is 16.1 Å². The first kappa shape index (κ1) is 29.2. The van der Waals surface area contributed by atoms with E-state index >= 15 is 0 Å². The molecule has 0 aliphatic rings. The predicted octanol–water partition coefficient (Wildman–Crippen LogP) is 6.07. The molecule has 4 aromatic rings. The molecular formula is C29H33N5O4S2. The molecule has 2 heterocycles. The van der Waals surface area contributed by atoms with E-state index < -0.39 is 5.97 Å². The fourth-order valence-electron chi connectivity index (χ4n) is 4.33. The zero-order chi connectivity index (χ0) is 28.6. The third-order valence-corrected chi connectivity index (χ3v) is 8.32. The molecule has 2 aromatic carbocycles. The van der Waals surface area contributed by atoms with E-state index in [1.54, 1.807) is 7.11 Å². The fraction of sp³-hybridized carbons (Fsp3) is 0.310. The van der Waals surface area contributed by atoms with Gasteiger partial charge < -0.3 is 24.3 Å². The van der Waals surface area contributed by atoms with Crippen LogP contribution in [0.5, 0.6) is 5.75 Å². The van der Waals surface area contributed by atoms with Crippen LogP contribution in [0.15, 0.2) is 59.1 Å². The second kappa shape index (κ2) is 13.5. The Morgan fingerprint density at radius 3 is 2.25 bits per heavy atom. The third-order valence-electron chi connectivity index (χ3n) is 6.45. The molecule has 0 aliphatic carbocycles. The van der Waals surface area contributed by atoms with Crippen LogP contribution >= 0.6 is 23.1 Å². The largest absolute Gasteiger partial charge is 0.497 e. The number of amides is 1. The Hall–Kier alpha value is -3.83. The van der Waals surface area contributed by atoms with Gasteiger partial charge in [-0.1, -0.05) is 23.9 Å². The van der Waals surface area contributed by atoms with Crippen molar-refractivity contribution in [1.82, 2.24) is 14.8 Å². The van der Waals surface area contributed by atoms with E-state index in [9.17, 15) is 9.59 Å². The quantitative estimate of drug-likeness (QED) is 0.160. The monoisotopic (exact) mass is 579 g/mol. The molecular weight excluding hydrogens is 546 g/mol. The van der Waals surface area contributed by atoms with Gasteiger partial charge in [-0.15, -0.1) is 21.5 Å². The Kier molecular flexibility index (Phi) is 9.84. The maximum absolute atomic E-state index is 13.0. The van der Waals surface area contributed by atoms with Gasteiger partial charge in [0.15, 0.2) is 11.0 Å². The number of carbonyl (C=O) groups excluding carboxylic acids is 2. The van der Waals surface area contributed by atoms with E-state index in [1.165, 1.54) is 30.2 Å². The lowest BCUT2D eigenvalue weighted by atomic mass is 10.0. The number of hydrogen-bond acceptors (Lipinski definition) is 9. The number of methoxy groups -OCH3 is 2. The van der Waals surface area contributed by atoms with Gasteiger partial charge in [0.1, 0.15) is 16.3 Å². The molecule has 0 spiro atoms. The molecule has 1 amide bonds. The molecule has 1 N–H and O–H groups in total. The summed E-state index contributed by atoms with van der Waals surface area (Å²) in [5.74, 6) is 0.803. The highest BCUT2D eigenvalue weighted by molar-refractivity contribution is 7.99. The number of nitrogens with zero attached hydrogens (tertiary/aromatic N) is 4. The fourth-order valence-corrected chi connectivity index (χ4v) is 6.11. The Morgan fingerprint density at radius 1 is 0.975 bits per heavy atom. The summed E-state index contributed by atoms with van der Waals surface area (Å²) in [5.41, 5.74) is 3.96. The minimum absolute atomic E-state index is 0.107. The Morgan fingerprint density at radius 2 is 1.65 bits per heavy atom. The lowest BCUT2D eigenvalue weighted by Gasteiger charge is -2.21. The Bertz CT molecular complexity index is 1440. The topological polar surface area (TPSA) is 98.6 Å². The first-order chi connectivity index (χ1) is 19.4. The number of rotatable bonds is 12. The van der Waals surface area contributed by atoms with Gasteiger partial charge in [0, 0.05) is 41.8 Å². The summed E-state index contributed by atoms with van der Waals surface area (Å²) >= 11 is 2.58. The Balaban J connectivity index is 1.48. The summed E-state index contributed by atoms with van der Waals surface area (Å²) < 4.78 is 12.2. The third kappa shape index (κ3) is 6.31. The van der Waals surface area contributed by atoms with Crippen molar-refractivity contribution in [1.29, 1.82) is 0 Å². The van der Waals surface area contributed by atoms with Crippen molar-refractivity contribution in [3.63, 3.8) is 0 Å². The van der Waals surface area contributed by atoms with Crippen LogP contribution < -0.4 is 15.0 Å². The second-order valence-corrected chi connectivity index (χ2v) is 10.5. The van der Waals surface area contributed by atoms with Crippen LogP contribution in [0.1, 0.15) is 31.1 Å². The molecule has 11 heteroatoms. The van der Waals surface area contributed by atoms with Crippen molar-refractivity contribution in [2.45, 2.75) is 32.5 Å². The average Bonchev–Trinajstić information content (AvgIpc) is 3.60. The number of nitrogens with one attached hydrogen (secondary N) is 1. The van der Waals surface area contributed by atoms with E-state index in [2.05, 4.69) is 58.5 Å². The lowest BCUT2D eigenvalue weighted by Crippen LogP contribution is -2.21. The summed E-state index contributed by atoms with van der Waals surface area (Å²) in [6.45, 7) is 8.85. The molecule has 0 aliphatic heterocycles. The van der Waals surface area contributed by atoms with Crippen molar-refractivity contribution in [2.24, 2.45) is 0 Å². The molecule has 0 atom stereocenters. The van der Waals surface area contributed by atoms with E-state index in [1.807, 2.05) is 41.1 Å². The van der Waals surface area contributed by atoms with Gasteiger partial charge in [0.25, 0.3) is 0 Å². The van der Waals surface area contributed by atoms with Crippen LogP contribution in [-0.4, -0.2) is 59.7 Å². The minimum Gasteiger partial charge on any atom is -0.497 e. The maximum Gasteiger partial charge on any atom is 0.341 e. The zero-order valence-corrected chi connectivity index (χ0v) is 24.9. The number of thioether (sulfide) groups is 1. The predicted molar refractivity (Wildman–Crippen MR) is 162 cm³/mol. The summed E-state index contributed by atoms with van der Waals surface area (Å²) in [7, 11) is 2.92. The maximum atomic E-state index is 13.0. The molecule has 4 rings (SSSR count). The number of aromatic nitrogens is 3. The van der Waals surface area contributed by atoms with Crippen LogP contribution in [0.3, 0.4) is 0 Å². The van der Waals surface area contributed by atoms with Gasteiger partial charge in [-0.05, 0) is 62.7 Å². The van der Waals surface area contributed by atoms with E-state index in [0.717, 1.165) is 35.7 Å². The molecule has 0 saturated carbocycles. The number of ether oxygens (including phenoxy) is 2. The zero-order valence-electron chi connectivity index (χ0n) is 23.3. The van der Waals surface area contributed by atoms with E-state index in [4.69, 9.17) is 9.47 Å². The molecule has 0 fully saturated rings. The molecule has 2 aromatic heterocycles. The van der Waals surface area contributed by atoms with Gasteiger partial charge >= 0.3 is 5.97 Å². The highest BCUT2D eigenvalue weighted by Crippen LogP contribution is 2.37. The summed E-state index contributed by atoms with van der Waals surface area (Å²) in [6, 6.07) is 15.7. The summed E-state index contributed by atoms with van der Waals surface area (Å²) in [5, 5.41) is 14.6. The highest BCUT2D eigenvalue weighted by atomic mass is 32.2. The molecule has 0 bridgehead atoms. The molecule has 210 valence electrons. The Labute approximate surface area is 242 Å². The molecule has 0 radical (unpaired) electrons. The normalized spacial score (nSPS) is 10.8. The van der Waals surface area contributed by atoms with Gasteiger partial charge in [0.05, 0.1) is 20.0 Å². The molecule has 0 unspecified atom stereocenters. The average molecular weight is 580 g/mol. The van der Waals surface area contributed by atoms with Crippen LogP contribution in [0.25, 0.3) is 22.5 Å². The highest BCUT2D eigenvalue weighted by Gasteiger charge is 2.23. The first-order valence-electron chi connectivity index (χ1n) is 13.0. The van der Waals surface area contributed by atoms with Gasteiger partial charge in [-0.3, -0.25) is 4.79 Å². The van der Waals surface area contributed by atoms with Crippen molar-refractivity contribution in [3.05, 3.63) is 59.5 Å². The second-order valence-electron chi connectivity index (χ2n) is 8.68. The van der Waals surface area contributed by atoms with Crippen LogP contribution in [0.2, 0.25) is 0 Å². The van der Waals surface area contributed by atoms with Crippen LogP contribution in [0, 0.1) is 0 Å². The van der Waals surface area contributed by atoms with E-state index in [0.29, 0.717) is 33.6 Å². The summed E-state index contributed by atoms with van der Waals surface area (Å²) in [4.78, 5) is 27.9. The smallest absolute Gasteiger partial charge is 0.341 e. The summed E-state index contributed by atoms with van der Waals surface area (Å²) in [6.07, 6.45) is 0. The van der Waals surface area contributed by atoms with Crippen molar-refractivity contribution < 1.29 is 19.1 Å². The number of benzene rings is 2. The van der Waals surface area contributed by atoms with Gasteiger partial charge in [0.2, 0.25) is 5.91 Å². The number of anilines is 2. The van der Waals surface area contributed by atoms with Crippen LogP contribution in [0.4, 0.5) is 10.7 Å². The minimum atomic E-state index is -0.516. The van der Waals surface area contributed by atoms with Crippen molar-refractivity contribution in [3.8, 4) is 28.3 Å².